The summed E-state index contributed by atoms with van der Waals surface area (Å²) in [5, 5.41) is 4.73. The van der Waals surface area contributed by atoms with E-state index < -0.39 is 0 Å². The van der Waals surface area contributed by atoms with Gasteiger partial charge in [-0.3, -0.25) is 0 Å². The molecule has 4 heteroatoms. The topological polar surface area (TPSA) is 28.2 Å². The fourth-order valence-corrected chi connectivity index (χ4v) is 3.02. The number of hydrogen-bond donors (Lipinski definition) is 1. The molecule has 0 atom stereocenters. The van der Waals surface area contributed by atoms with E-state index in [-0.39, 0.29) is 0 Å². The van der Waals surface area contributed by atoms with Crippen molar-refractivity contribution in [3.05, 3.63) is 34.8 Å². The van der Waals surface area contributed by atoms with Crippen LogP contribution >= 0.6 is 15.9 Å². The first-order chi connectivity index (χ1) is 9.22. The highest BCUT2D eigenvalue weighted by molar-refractivity contribution is 9.10. The molecule has 2 heterocycles. The summed E-state index contributed by atoms with van der Waals surface area (Å²) in [6, 6.07) is 10.9. The van der Waals surface area contributed by atoms with Crippen LogP contribution in [-0.2, 0) is 0 Å². The second-order valence-electron chi connectivity index (χ2n) is 5.23. The van der Waals surface area contributed by atoms with Crippen LogP contribution in [-0.4, -0.2) is 36.1 Å². The Morgan fingerprint density at radius 3 is 2.79 bits per heavy atom. The van der Waals surface area contributed by atoms with Crippen LogP contribution in [0, 0.1) is 0 Å². The van der Waals surface area contributed by atoms with Gasteiger partial charge in [0.2, 0.25) is 0 Å². The van der Waals surface area contributed by atoms with Gasteiger partial charge in [-0.1, -0.05) is 12.1 Å². The molecule has 1 fully saturated rings. The third kappa shape index (κ3) is 2.90. The van der Waals surface area contributed by atoms with Gasteiger partial charge in [-0.15, -0.1) is 0 Å². The van der Waals surface area contributed by atoms with Gasteiger partial charge in [-0.25, -0.2) is 4.98 Å². The Morgan fingerprint density at radius 1 is 1.21 bits per heavy atom. The number of nitrogens with one attached hydrogen (secondary N) is 1. The average Bonchev–Trinajstić information content (AvgIpc) is 2.42. The molecule has 0 radical (unpaired) electrons. The number of fused-ring (bicyclic) bond motifs is 1. The van der Waals surface area contributed by atoms with E-state index in [1.54, 1.807) is 0 Å². The van der Waals surface area contributed by atoms with E-state index >= 15 is 0 Å². The predicted octanol–water partition coefficient (Wildman–Crippen LogP) is 3.50. The summed E-state index contributed by atoms with van der Waals surface area (Å²) in [5.41, 5.74) is 1.03. The maximum atomic E-state index is 4.72. The highest BCUT2D eigenvalue weighted by Gasteiger charge is 2.16. The van der Waals surface area contributed by atoms with Crippen molar-refractivity contribution in [3.63, 3.8) is 0 Å². The number of hydrogen-bond acceptors (Lipinski definition) is 3. The summed E-state index contributed by atoms with van der Waals surface area (Å²) >= 11 is 3.57. The van der Waals surface area contributed by atoms with Crippen LogP contribution in [0.1, 0.15) is 12.8 Å². The molecule has 1 aromatic carbocycles. The Kier molecular flexibility index (Phi) is 3.71. The van der Waals surface area contributed by atoms with Crippen LogP contribution < -0.4 is 5.32 Å². The van der Waals surface area contributed by atoms with E-state index in [2.05, 4.69) is 51.4 Å². The third-order valence-electron chi connectivity index (χ3n) is 3.74. The van der Waals surface area contributed by atoms with Crippen LogP contribution in [0.5, 0.6) is 0 Å². The molecule has 0 bridgehead atoms. The van der Waals surface area contributed by atoms with Crippen molar-refractivity contribution in [1.82, 2.24) is 9.88 Å². The Morgan fingerprint density at radius 2 is 2.00 bits per heavy atom. The molecule has 1 aliphatic rings. The highest BCUT2D eigenvalue weighted by Crippen LogP contribution is 2.24. The maximum absolute atomic E-state index is 4.72. The summed E-state index contributed by atoms with van der Waals surface area (Å²) in [7, 11) is 2.18. The van der Waals surface area contributed by atoms with Crippen molar-refractivity contribution in [1.29, 1.82) is 0 Å². The fraction of sp³-hybridized carbons (Fsp3) is 0.400. The van der Waals surface area contributed by atoms with Gasteiger partial charge >= 0.3 is 0 Å². The molecule has 0 saturated carbocycles. The molecule has 19 heavy (non-hydrogen) atoms. The van der Waals surface area contributed by atoms with Gasteiger partial charge in [-0.2, -0.15) is 0 Å². The number of pyridine rings is 1. The largest absolute Gasteiger partial charge is 0.367 e. The van der Waals surface area contributed by atoms with Gasteiger partial charge in [0.15, 0.2) is 0 Å². The lowest BCUT2D eigenvalue weighted by Crippen LogP contribution is -2.36. The van der Waals surface area contributed by atoms with Crippen molar-refractivity contribution in [2.45, 2.75) is 18.9 Å². The van der Waals surface area contributed by atoms with E-state index in [0.29, 0.717) is 6.04 Å². The van der Waals surface area contributed by atoms with Gasteiger partial charge < -0.3 is 10.2 Å². The molecular formula is C15H18BrN3. The van der Waals surface area contributed by atoms with Crippen LogP contribution in [0.3, 0.4) is 0 Å². The van der Waals surface area contributed by atoms with E-state index in [0.717, 1.165) is 28.9 Å². The molecule has 2 aromatic rings. The van der Waals surface area contributed by atoms with Crippen molar-refractivity contribution in [2.24, 2.45) is 0 Å². The zero-order valence-electron chi connectivity index (χ0n) is 11.1. The summed E-state index contributed by atoms with van der Waals surface area (Å²) < 4.78 is 1.05. The van der Waals surface area contributed by atoms with Gasteiger partial charge in [0.05, 0.1) is 5.52 Å². The second-order valence-corrected chi connectivity index (χ2v) is 6.08. The van der Waals surface area contributed by atoms with Crippen LogP contribution in [0.15, 0.2) is 34.8 Å². The van der Waals surface area contributed by atoms with E-state index in [1.807, 2.05) is 12.1 Å². The molecule has 1 N–H and O–H groups in total. The number of aromatic nitrogens is 1. The number of piperidine rings is 1. The molecule has 0 unspecified atom stereocenters. The SMILES string of the molecule is CN1CCC(Nc2ccc3cccc(Br)c3n2)CC1. The molecule has 1 saturated heterocycles. The molecule has 0 spiro atoms. The zero-order chi connectivity index (χ0) is 13.2. The summed E-state index contributed by atoms with van der Waals surface area (Å²) in [4.78, 5) is 7.09. The number of benzene rings is 1. The van der Waals surface area contributed by atoms with Gasteiger partial charge in [0, 0.05) is 15.9 Å². The Hall–Kier alpha value is -1.13. The van der Waals surface area contributed by atoms with Gasteiger partial charge in [0.1, 0.15) is 5.82 Å². The van der Waals surface area contributed by atoms with Crippen LogP contribution in [0.2, 0.25) is 0 Å². The molecule has 3 nitrogen and oxygen atoms in total. The minimum absolute atomic E-state index is 0.545. The normalized spacial score (nSPS) is 17.8. The number of likely N-dealkylation sites (tertiary alicyclic amines) is 1. The molecule has 1 aliphatic heterocycles. The highest BCUT2D eigenvalue weighted by atomic mass is 79.9. The number of para-hydroxylation sites is 1. The minimum atomic E-state index is 0.545. The predicted molar refractivity (Wildman–Crippen MR) is 83.6 cm³/mol. The first-order valence-electron chi connectivity index (χ1n) is 6.73. The summed E-state index contributed by atoms with van der Waals surface area (Å²) in [5.74, 6) is 0.981. The van der Waals surface area contributed by atoms with E-state index in [4.69, 9.17) is 4.98 Å². The van der Waals surface area contributed by atoms with E-state index in [9.17, 15) is 0 Å². The lowest BCUT2D eigenvalue weighted by molar-refractivity contribution is 0.263. The second kappa shape index (κ2) is 5.47. The number of anilines is 1. The lowest BCUT2D eigenvalue weighted by atomic mass is 10.1. The standard InChI is InChI=1S/C15H18BrN3/c1-19-9-7-12(8-10-19)17-14-6-5-11-3-2-4-13(16)15(11)18-14/h2-6,12H,7-10H2,1H3,(H,17,18). The van der Waals surface area contributed by atoms with Crippen molar-refractivity contribution < 1.29 is 0 Å². The monoisotopic (exact) mass is 319 g/mol. The van der Waals surface area contributed by atoms with Crippen LogP contribution in [0.25, 0.3) is 10.9 Å². The van der Waals surface area contributed by atoms with Crippen molar-refractivity contribution in [3.8, 4) is 0 Å². The molecule has 0 aliphatic carbocycles. The number of nitrogens with zero attached hydrogens (tertiary/aromatic N) is 2. The first kappa shape index (κ1) is 12.9. The van der Waals surface area contributed by atoms with Gasteiger partial charge in [-0.05, 0) is 67.1 Å². The maximum Gasteiger partial charge on any atom is 0.126 e. The van der Waals surface area contributed by atoms with Crippen LogP contribution in [0.4, 0.5) is 5.82 Å². The lowest BCUT2D eigenvalue weighted by Gasteiger charge is -2.29. The third-order valence-corrected chi connectivity index (χ3v) is 4.38. The summed E-state index contributed by atoms with van der Waals surface area (Å²) in [6.07, 6.45) is 2.37. The number of halogens is 1. The molecule has 100 valence electrons. The molecular weight excluding hydrogens is 302 g/mol. The summed E-state index contributed by atoms with van der Waals surface area (Å²) in [6.45, 7) is 2.32. The zero-order valence-corrected chi connectivity index (χ0v) is 12.7. The smallest absolute Gasteiger partial charge is 0.126 e. The average molecular weight is 320 g/mol. The van der Waals surface area contributed by atoms with Crippen molar-refractivity contribution in [2.75, 3.05) is 25.5 Å². The fourth-order valence-electron chi connectivity index (χ4n) is 2.55. The minimum Gasteiger partial charge on any atom is -0.367 e. The number of rotatable bonds is 2. The van der Waals surface area contributed by atoms with E-state index in [1.165, 1.54) is 18.2 Å². The Bertz CT molecular complexity index is 577. The Balaban J connectivity index is 1.80. The molecule has 3 rings (SSSR count). The Labute approximate surface area is 122 Å². The molecule has 1 aromatic heterocycles. The molecule has 0 amide bonds. The van der Waals surface area contributed by atoms with Crippen molar-refractivity contribution >= 4 is 32.7 Å². The van der Waals surface area contributed by atoms with Gasteiger partial charge in [0.25, 0.3) is 0 Å². The first-order valence-corrected chi connectivity index (χ1v) is 7.52. The quantitative estimate of drug-likeness (QED) is 0.918.